The van der Waals surface area contributed by atoms with Crippen molar-refractivity contribution in [2.24, 2.45) is 0 Å². The minimum absolute atomic E-state index is 0.0526. The van der Waals surface area contributed by atoms with Crippen LogP contribution in [-0.2, 0) is 29.6 Å². The van der Waals surface area contributed by atoms with Crippen LogP contribution >= 0.6 is 0 Å². The lowest BCUT2D eigenvalue weighted by Gasteiger charge is -2.36. The second-order valence-corrected chi connectivity index (χ2v) is 10.7. The van der Waals surface area contributed by atoms with Gasteiger partial charge in [0.25, 0.3) is 0 Å². The zero-order valence-corrected chi connectivity index (χ0v) is 19.0. The molecule has 0 bridgehead atoms. The Morgan fingerprint density at radius 1 is 1.10 bits per heavy atom. The summed E-state index contributed by atoms with van der Waals surface area (Å²) in [6.07, 6.45) is 1.97. The zero-order valence-electron chi connectivity index (χ0n) is 17.4. The fraction of sp³-hybridized carbons (Fsp3) is 0.611. The molecule has 0 aliphatic carbocycles. The Labute approximate surface area is 178 Å². The van der Waals surface area contributed by atoms with E-state index in [2.05, 4.69) is 4.72 Å². The lowest BCUT2D eigenvalue weighted by atomic mass is 10.2. The molecule has 10 nitrogen and oxygen atoms in total. The summed E-state index contributed by atoms with van der Waals surface area (Å²) >= 11 is 0. The van der Waals surface area contributed by atoms with Gasteiger partial charge in [-0.25, -0.2) is 21.6 Å². The van der Waals surface area contributed by atoms with Crippen LogP contribution in [0.3, 0.4) is 0 Å². The number of hydrogen-bond donors (Lipinski definition) is 1. The number of carbonyl (C=O) groups excluding carboxylic acids is 1. The Morgan fingerprint density at radius 2 is 1.70 bits per heavy atom. The molecule has 1 N–H and O–H groups in total. The summed E-state index contributed by atoms with van der Waals surface area (Å²) in [5.41, 5.74) is 0. The highest BCUT2D eigenvalue weighted by Crippen LogP contribution is 2.17. The number of nitrogens with zero attached hydrogens (tertiary/aromatic N) is 2. The molecule has 0 aromatic heterocycles. The number of sulfonamides is 2. The number of carbonyl (C=O) groups is 1. The molecule has 1 aliphatic heterocycles. The quantitative estimate of drug-likeness (QED) is 0.476. The molecule has 0 saturated carbocycles. The number of nitrogens with one attached hydrogen (secondary N) is 1. The van der Waals surface area contributed by atoms with Crippen molar-refractivity contribution in [3.05, 3.63) is 24.3 Å². The minimum Gasteiger partial charge on any atom is -0.494 e. The van der Waals surface area contributed by atoms with E-state index in [9.17, 15) is 21.6 Å². The molecule has 0 unspecified atom stereocenters. The normalized spacial score (nSPS) is 17.4. The number of ether oxygens (including phenoxy) is 2. The highest BCUT2D eigenvalue weighted by Gasteiger charge is 2.33. The molecule has 170 valence electrons. The molecule has 1 aromatic carbocycles. The molecule has 1 aromatic rings. The predicted molar refractivity (Wildman–Crippen MR) is 111 cm³/mol. The Hall–Kier alpha value is -1.73. The first-order chi connectivity index (χ1) is 14.1. The first-order valence-corrected chi connectivity index (χ1v) is 12.9. The summed E-state index contributed by atoms with van der Waals surface area (Å²) in [4.78, 5) is 14.0. The van der Waals surface area contributed by atoms with Gasteiger partial charge < -0.3 is 9.47 Å². The molecule has 1 saturated heterocycles. The molecule has 0 radical (unpaired) electrons. The molecule has 0 spiro atoms. The van der Waals surface area contributed by atoms with Gasteiger partial charge in [0.05, 0.1) is 24.9 Å². The highest BCUT2D eigenvalue weighted by molar-refractivity contribution is 7.89. The van der Waals surface area contributed by atoms with Gasteiger partial charge in [-0.05, 0) is 30.7 Å². The number of esters is 1. The molecular weight excluding hydrogens is 434 g/mol. The van der Waals surface area contributed by atoms with E-state index in [1.54, 1.807) is 17.0 Å². The fourth-order valence-electron chi connectivity index (χ4n) is 3.05. The maximum Gasteiger partial charge on any atom is 0.324 e. The SMILES string of the molecule is CCCOc1ccc(S(=O)(=O)NC[C@@H](C(=O)OC)N2CCN(S(C)(=O)=O)CC2)cc1. The van der Waals surface area contributed by atoms with E-state index < -0.39 is 32.1 Å². The number of piperazine rings is 1. The van der Waals surface area contributed by atoms with E-state index in [1.165, 1.54) is 23.5 Å². The number of rotatable bonds is 10. The maximum atomic E-state index is 12.6. The van der Waals surface area contributed by atoms with Gasteiger partial charge in [0, 0.05) is 32.7 Å². The van der Waals surface area contributed by atoms with Crippen molar-refractivity contribution in [3.63, 3.8) is 0 Å². The first kappa shape index (κ1) is 24.5. The van der Waals surface area contributed by atoms with Crippen molar-refractivity contribution in [3.8, 4) is 5.75 Å². The lowest BCUT2D eigenvalue weighted by molar-refractivity contribution is -0.147. The molecule has 12 heteroatoms. The van der Waals surface area contributed by atoms with Crippen LogP contribution in [-0.4, -0.2) is 90.7 Å². The summed E-state index contributed by atoms with van der Waals surface area (Å²) in [5, 5.41) is 0. The molecule has 1 fully saturated rings. The third kappa shape index (κ3) is 6.64. The molecule has 30 heavy (non-hydrogen) atoms. The van der Waals surface area contributed by atoms with Crippen molar-refractivity contribution in [1.29, 1.82) is 0 Å². The highest BCUT2D eigenvalue weighted by atomic mass is 32.2. The summed E-state index contributed by atoms with van der Waals surface area (Å²) in [6, 6.07) is 5.16. The van der Waals surface area contributed by atoms with Crippen LogP contribution in [0.15, 0.2) is 29.2 Å². The van der Waals surface area contributed by atoms with E-state index in [1.807, 2.05) is 6.92 Å². The Morgan fingerprint density at radius 3 is 2.20 bits per heavy atom. The Balaban J connectivity index is 2.04. The van der Waals surface area contributed by atoms with E-state index >= 15 is 0 Å². The lowest BCUT2D eigenvalue weighted by Crippen LogP contribution is -2.56. The van der Waals surface area contributed by atoms with Gasteiger partial charge in [-0.15, -0.1) is 0 Å². The largest absolute Gasteiger partial charge is 0.494 e. The van der Waals surface area contributed by atoms with Crippen LogP contribution in [0.5, 0.6) is 5.75 Å². The average molecular weight is 464 g/mol. The number of methoxy groups -OCH3 is 1. The standard InChI is InChI=1S/C18H29N3O7S2/c1-4-13-28-15-5-7-16(8-6-15)30(25,26)19-14-17(18(22)27-2)20-9-11-21(12-10-20)29(3,23)24/h5-8,17,19H,4,9-14H2,1-3H3/t17-/m0/s1. The first-order valence-electron chi connectivity index (χ1n) is 9.58. The van der Waals surface area contributed by atoms with Crippen molar-refractivity contribution in [2.45, 2.75) is 24.3 Å². The van der Waals surface area contributed by atoms with Gasteiger partial charge in [0.2, 0.25) is 20.0 Å². The van der Waals surface area contributed by atoms with Crippen LogP contribution in [0.2, 0.25) is 0 Å². The predicted octanol–water partition coefficient (Wildman–Crippen LogP) is -0.127. The van der Waals surface area contributed by atoms with Crippen molar-refractivity contribution in [1.82, 2.24) is 13.9 Å². The smallest absolute Gasteiger partial charge is 0.324 e. The maximum absolute atomic E-state index is 12.6. The van der Waals surface area contributed by atoms with Gasteiger partial charge in [0.15, 0.2) is 0 Å². The summed E-state index contributed by atoms with van der Waals surface area (Å²) in [6.45, 7) is 3.34. The van der Waals surface area contributed by atoms with Gasteiger partial charge in [-0.1, -0.05) is 6.92 Å². The number of benzene rings is 1. The summed E-state index contributed by atoms with van der Waals surface area (Å²) in [5.74, 6) is -0.0131. The van der Waals surface area contributed by atoms with E-state index in [-0.39, 0.29) is 37.6 Å². The van der Waals surface area contributed by atoms with Crippen molar-refractivity contribution >= 4 is 26.0 Å². The molecule has 2 rings (SSSR count). The van der Waals surface area contributed by atoms with E-state index in [4.69, 9.17) is 9.47 Å². The fourth-order valence-corrected chi connectivity index (χ4v) is 4.92. The van der Waals surface area contributed by atoms with Crippen LogP contribution in [0, 0.1) is 0 Å². The molecule has 0 amide bonds. The molecule has 1 atom stereocenters. The third-order valence-electron chi connectivity index (χ3n) is 4.73. The summed E-state index contributed by atoms with van der Waals surface area (Å²) in [7, 11) is -5.94. The molecule has 1 aliphatic rings. The molecular formula is C18H29N3O7S2. The number of hydrogen-bond acceptors (Lipinski definition) is 8. The zero-order chi connectivity index (χ0) is 22.4. The van der Waals surface area contributed by atoms with Crippen LogP contribution in [0.25, 0.3) is 0 Å². The Kier molecular flexibility index (Phi) is 8.62. The Bertz CT molecular complexity index is 910. The van der Waals surface area contributed by atoms with Gasteiger partial charge >= 0.3 is 5.97 Å². The third-order valence-corrected chi connectivity index (χ3v) is 7.47. The second-order valence-electron chi connectivity index (χ2n) is 6.91. The summed E-state index contributed by atoms with van der Waals surface area (Å²) < 4.78 is 62.6. The van der Waals surface area contributed by atoms with Crippen molar-refractivity contribution < 1.29 is 31.1 Å². The van der Waals surface area contributed by atoms with Crippen LogP contribution < -0.4 is 9.46 Å². The average Bonchev–Trinajstić information content (AvgIpc) is 2.72. The molecule has 1 heterocycles. The second kappa shape index (κ2) is 10.5. The monoisotopic (exact) mass is 463 g/mol. The van der Waals surface area contributed by atoms with Gasteiger partial charge in [-0.2, -0.15) is 4.31 Å². The van der Waals surface area contributed by atoms with Crippen molar-refractivity contribution in [2.75, 3.05) is 52.7 Å². The van der Waals surface area contributed by atoms with E-state index in [0.29, 0.717) is 12.4 Å². The van der Waals surface area contributed by atoms with Gasteiger partial charge in [-0.3, -0.25) is 9.69 Å². The van der Waals surface area contributed by atoms with Crippen LogP contribution in [0.1, 0.15) is 13.3 Å². The topological polar surface area (TPSA) is 122 Å². The van der Waals surface area contributed by atoms with E-state index in [0.717, 1.165) is 12.7 Å². The van der Waals surface area contributed by atoms with Crippen LogP contribution in [0.4, 0.5) is 0 Å². The minimum atomic E-state index is -3.85. The van der Waals surface area contributed by atoms with Gasteiger partial charge in [0.1, 0.15) is 11.8 Å².